The number of benzene rings is 1. The second-order valence-corrected chi connectivity index (χ2v) is 7.09. The number of fused-ring (bicyclic) bond motifs is 1. The summed E-state index contributed by atoms with van der Waals surface area (Å²) in [6.07, 6.45) is -3.86. The van der Waals surface area contributed by atoms with E-state index in [9.17, 15) is 21.6 Å². The summed E-state index contributed by atoms with van der Waals surface area (Å²) in [5.74, 6) is 0. The van der Waals surface area contributed by atoms with Gasteiger partial charge in [-0.2, -0.15) is 13.2 Å². The van der Waals surface area contributed by atoms with Gasteiger partial charge in [0.15, 0.2) is 0 Å². The van der Waals surface area contributed by atoms with Crippen molar-refractivity contribution in [3.8, 4) is 0 Å². The topological polar surface area (TPSA) is 49.4 Å². The van der Waals surface area contributed by atoms with E-state index in [0.717, 1.165) is 34.9 Å². The van der Waals surface area contributed by atoms with Crippen molar-refractivity contribution in [1.29, 1.82) is 0 Å². The summed E-state index contributed by atoms with van der Waals surface area (Å²) in [6.45, 7) is 0.256. The highest BCUT2D eigenvalue weighted by atomic mass is 32.2. The molecule has 0 saturated heterocycles. The Labute approximate surface area is 122 Å². The van der Waals surface area contributed by atoms with Crippen LogP contribution >= 0.6 is 0 Å². The Balaban J connectivity index is 2.19. The van der Waals surface area contributed by atoms with Gasteiger partial charge in [0.2, 0.25) is 10.0 Å². The van der Waals surface area contributed by atoms with Crippen LogP contribution in [0.1, 0.15) is 18.4 Å². The van der Waals surface area contributed by atoms with Crippen molar-refractivity contribution >= 4 is 15.7 Å². The van der Waals surface area contributed by atoms with Gasteiger partial charge in [-0.25, -0.2) is 12.7 Å². The van der Waals surface area contributed by atoms with Crippen molar-refractivity contribution in [3.05, 3.63) is 23.8 Å². The van der Waals surface area contributed by atoms with Crippen LogP contribution in [0.25, 0.3) is 0 Å². The van der Waals surface area contributed by atoms with Gasteiger partial charge in [-0.05, 0) is 36.6 Å². The fraction of sp³-hybridized carbons (Fsp3) is 0.538. The summed E-state index contributed by atoms with van der Waals surface area (Å²) < 4.78 is 61.9. The van der Waals surface area contributed by atoms with E-state index in [0.29, 0.717) is 0 Å². The Morgan fingerprint density at radius 1 is 1.33 bits per heavy atom. The average Bonchev–Trinajstić information content (AvgIpc) is 2.43. The van der Waals surface area contributed by atoms with E-state index in [1.165, 1.54) is 13.1 Å². The van der Waals surface area contributed by atoms with Crippen LogP contribution in [-0.2, 0) is 16.4 Å². The average molecular weight is 322 g/mol. The van der Waals surface area contributed by atoms with Gasteiger partial charge in [0.05, 0.1) is 11.3 Å². The number of halogens is 3. The minimum atomic E-state index is -4.37. The van der Waals surface area contributed by atoms with Crippen molar-refractivity contribution < 1.29 is 21.6 Å². The van der Waals surface area contributed by atoms with Crippen molar-refractivity contribution in [3.63, 3.8) is 0 Å². The van der Waals surface area contributed by atoms with Crippen LogP contribution < -0.4 is 5.32 Å². The molecule has 0 atom stereocenters. The van der Waals surface area contributed by atoms with Crippen LogP contribution in [0.3, 0.4) is 0 Å². The lowest BCUT2D eigenvalue weighted by molar-refractivity contribution is -0.135. The van der Waals surface area contributed by atoms with E-state index in [1.54, 1.807) is 12.1 Å². The molecule has 1 aliphatic heterocycles. The second-order valence-electron chi connectivity index (χ2n) is 5.04. The molecule has 0 aromatic heterocycles. The summed E-state index contributed by atoms with van der Waals surface area (Å²) in [5.41, 5.74) is 1.77. The molecule has 0 amide bonds. The molecule has 8 heteroatoms. The third-order valence-corrected chi connectivity index (χ3v) is 5.29. The second kappa shape index (κ2) is 5.84. The van der Waals surface area contributed by atoms with Crippen molar-refractivity contribution in [1.82, 2.24) is 4.31 Å². The lowest BCUT2D eigenvalue weighted by atomic mass is 10.0. The number of hydrogen-bond acceptors (Lipinski definition) is 3. The number of aryl methyl sites for hydroxylation is 1. The molecule has 4 nitrogen and oxygen atoms in total. The van der Waals surface area contributed by atoms with Crippen LogP contribution in [0.4, 0.5) is 18.9 Å². The number of nitrogens with zero attached hydrogens (tertiary/aromatic N) is 1. The van der Waals surface area contributed by atoms with Crippen molar-refractivity contribution in [2.24, 2.45) is 0 Å². The maximum atomic E-state index is 12.3. The molecular formula is C13H17F3N2O2S. The van der Waals surface area contributed by atoms with Gasteiger partial charge in [-0.1, -0.05) is 0 Å². The van der Waals surface area contributed by atoms with E-state index in [-0.39, 0.29) is 4.90 Å². The standard InChI is InChI=1S/C13H17F3N2O2S/c1-18(8-6-13(14,15)16)21(19,20)11-4-5-12-10(9-11)3-2-7-17-12/h4-5,9,17H,2-3,6-8H2,1H3. The lowest BCUT2D eigenvalue weighted by Gasteiger charge is -2.21. The zero-order valence-corrected chi connectivity index (χ0v) is 12.4. The van der Waals surface area contributed by atoms with Crippen molar-refractivity contribution in [2.45, 2.75) is 30.3 Å². The monoisotopic (exact) mass is 322 g/mol. The summed E-state index contributed by atoms with van der Waals surface area (Å²) >= 11 is 0. The zero-order valence-electron chi connectivity index (χ0n) is 11.6. The highest BCUT2D eigenvalue weighted by Gasteiger charge is 2.30. The fourth-order valence-electron chi connectivity index (χ4n) is 2.20. The van der Waals surface area contributed by atoms with Crippen LogP contribution in [0.2, 0.25) is 0 Å². The number of rotatable bonds is 4. The zero-order chi connectivity index (χ0) is 15.7. The van der Waals surface area contributed by atoms with E-state index < -0.39 is 29.2 Å². The molecule has 0 radical (unpaired) electrons. The summed E-state index contributed by atoms with van der Waals surface area (Å²) in [7, 11) is -2.72. The summed E-state index contributed by atoms with van der Waals surface area (Å²) in [5, 5.41) is 3.16. The normalized spacial score (nSPS) is 15.7. The first kappa shape index (κ1) is 16.1. The number of sulfonamides is 1. The fourth-order valence-corrected chi connectivity index (χ4v) is 3.42. The minimum Gasteiger partial charge on any atom is -0.385 e. The lowest BCUT2D eigenvalue weighted by Crippen LogP contribution is -2.30. The molecule has 0 spiro atoms. The molecular weight excluding hydrogens is 305 g/mol. The minimum absolute atomic E-state index is 0.0367. The Morgan fingerprint density at radius 3 is 2.71 bits per heavy atom. The van der Waals surface area contributed by atoms with Gasteiger partial charge in [-0.15, -0.1) is 0 Å². The molecule has 0 aliphatic carbocycles. The van der Waals surface area contributed by atoms with E-state index in [1.807, 2.05) is 0 Å². The largest absolute Gasteiger partial charge is 0.390 e. The maximum absolute atomic E-state index is 12.3. The first-order chi connectivity index (χ1) is 9.70. The smallest absolute Gasteiger partial charge is 0.385 e. The highest BCUT2D eigenvalue weighted by Crippen LogP contribution is 2.27. The van der Waals surface area contributed by atoms with Crippen molar-refractivity contribution in [2.75, 3.05) is 25.5 Å². The van der Waals surface area contributed by atoms with E-state index in [4.69, 9.17) is 0 Å². The molecule has 21 heavy (non-hydrogen) atoms. The molecule has 1 heterocycles. The first-order valence-corrected chi connectivity index (χ1v) is 8.04. The Bertz CT molecular complexity index is 614. The predicted molar refractivity (Wildman–Crippen MR) is 73.7 cm³/mol. The molecule has 1 aromatic carbocycles. The van der Waals surface area contributed by atoms with E-state index >= 15 is 0 Å². The van der Waals surface area contributed by atoms with Crippen LogP contribution in [0.5, 0.6) is 0 Å². The molecule has 118 valence electrons. The molecule has 0 fully saturated rings. The number of nitrogens with one attached hydrogen (secondary N) is 1. The third-order valence-electron chi connectivity index (χ3n) is 3.43. The molecule has 0 saturated carbocycles. The predicted octanol–water partition coefficient (Wildman–Crippen LogP) is 2.62. The first-order valence-electron chi connectivity index (χ1n) is 6.60. The quantitative estimate of drug-likeness (QED) is 0.927. The summed E-state index contributed by atoms with van der Waals surface area (Å²) in [4.78, 5) is 0.0367. The van der Waals surface area contributed by atoms with Gasteiger partial charge in [-0.3, -0.25) is 0 Å². The molecule has 2 rings (SSSR count). The molecule has 0 unspecified atom stereocenters. The third kappa shape index (κ3) is 3.88. The number of anilines is 1. The van der Waals surface area contributed by atoms with Crippen LogP contribution in [-0.4, -0.2) is 39.0 Å². The van der Waals surface area contributed by atoms with Crippen LogP contribution in [0, 0.1) is 0 Å². The molecule has 0 bridgehead atoms. The van der Waals surface area contributed by atoms with E-state index in [2.05, 4.69) is 5.32 Å². The van der Waals surface area contributed by atoms with Gasteiger partial charge in [0.1, 0.15) is 0 Å². The van der Waals surface area contributed by atoms with Gasteiger partial charge in [0.25, 0.3) is 0 Å². The Kier molecular flexibility index (Phi) is 4.48. The van der Waals surface area contributed by atoms with Crippen LogP contribution in [0.15, 0.2) is 23.1 Å². The number of alkyl halides is 3. The van der Waals surface area contributed by atoms with Gasteiger partial charge >= 0.3 is 6.18 Å². The molecule has 1 aromatic rings. The highest BCUT2D eigenvalue weighted by molar-refractivity contribution is 7.89. The molecule has 1 N–H and O–H groups in total. The van der Waals surface area contributed by atoms with Gasteiger partial charge in [0, 0.05) is 25.8 Å². The summed E-state index contributed by atoms with van der Waals surface area (Å²) in [6, 6.07) is 4.64. The SMILES string of the molecule is CN(CCC(F)(F)F)S(=O)(=O)c1ccc2c(c1)CCCN2. The number of hydrogen-bond donors (Lipinski definition) is 1. The Hall–Kier alpha value is -1.28. The Morgan fingerprint density at radius 2 is 2.05 bits per heavy atom. The molecule has 1 aliphatic rings. The van der Waals surface area contributed by atoms with Gasteiger partial charge < -0.3 is 5.32 Å². The maximum Gasteiger partial charge on any atom is 0.390 e.